The number of carbonyl (C=O) groups is 2. The molecule has 5 rings (SSSR count). The van der Waals surface area contributed by atoms with Crippen LogP contribution in [-0.4, -0.2) is 47.9 Å². The van der Waals surface area contributed by atoms with Gasteiger partial charge in [-0.3, -0.25) is 9.59 Å². The third-order valence-electron chi connectivity index (χ3n) is 6.46. The third kappa shape index (κ3) is 3.42. The van der Waals surface area contributed by atoms with Crippen molar-refractivity contribution in [3.63, 3.8) is 0 Å². The zero-order valence-electron chi connectivity index (χ0n) is 18.3. The number of hydrogen-bond acceptors (Lipinski definition) is 3. The van der Waals surface area contributed by atoms with E-state index in [0.29, 0.717) is 29.7 Å². The summed E-state index contributed by atoms with van der Waals surface area (Å²) >= 11 is 0. The first kappa shape index (κ1) is 20.3. The van der Waals surface area contributed by atoms with Gasteiger partial charge in [0.1, 0.15) is 0 Å². The molecule has 4 N–H and O–H groups in total. The first-order valence-electron chi connectivity index (χ1n) is 10.9. The number of nitrogens with two attached hydrogens (primary N) is 1. The molecule has 32 heavy (non-hydrogen) atoms. The minimum atomic E-state index is -0.482. The fourth-order valence-electron chi connectivity index (χ4n) is 4.47. The Morgan fingerprint density at radius 3 is 2.38 bits per heavy atom. The fourth-order valence-corrected chi connectivity index (χ4v) is 4.47. The van der Waals surface area contributed by atoms with Gasteiger partial charge in [0.15, 0.2) is 0 Å². The summed E-state index contributed by atoms with van der Waals surface area (Å²) in [5, 5.41) is 5.07. The molecule has 1 aliphatic heterocycles. The highest BCUT2D eigenvalue weighted by Crippen LogP contribution is 2.34. The molecule has 6 heteroatoms. The number of nitrogens with one attached hydrogen (secondary N) is 2. The zero-order chi connectivity index (χ0) is 22.4. The van der Waals surface area contributed by atoms with Crippen molar-refractivity contribution in [2.45, 2.75) is 13.8 Å². The number of hydrogen-bond donors (Lipinski definition) is 3. The lowest BCUT2D eigenvalue weighted by Crippen LogP contribution is -2.46. The fraction of sp³-hybridized carbons (Fsp3) is 0.231. The van der Waals surface area contributed by atoms with Crippen LogP contribution in [0.15, 0.2) is 48.5 Å². The van der Waals surface area contributed by atoms with E-state index in [2.05, 4.69) is 48.4 Å². The van der Waals surface area contributed by atoms with Crippen LogP contribution in [0.5, 0.6) is 0 Å². The summed E-state index contributed by atoms with van der Waals surface area (Å²) in [4.78, 5) is 30.6. The minimum Gasteiger partial charge on any atom is -0.366 e. The quantitative estimate of drug-likeness (QED) is 0.466. The first-order chi connectivity index (χ1) is 15.4. The number of piperazine rings is 1. The molecule has 2 heterocycles. The topological polar surface area (TPSA) is 91.2 Å². The highest BCUT2D eigenvalue weighted by Gasteiger charge is 2.20. The van der Waals surface area contributed by atoms with Crippen LogP contribution in [0.4, 0.5) is 0 Å². The van der Waals surface area contributed by atoms with E-state index in [0.717, 1.165) is 40.5 Å². The van der Waals surface area contributed by atoms with Gasteiger partial charge in [-0.15, -0.1) is 0 Å². The number of H-pyrrole nitrogens is 1. The van der Waals surface area contributed by atoms with Crippen molar-refractivity contribution in [1.82, 2.24) is 15.2 Å². The zero-order valence-corrected chi connectivity index (χ0v) is 18.3. The van der Waals surface area contributed by atoms with Gasteiger partial charge in [-0.05, 0) is 66.4 Å². The van der Waals surface area contributed by atoms with Crippen molar-refractivity contribution < 1.29 is 9.59 Å². The average Bonchev–Trinajstić information content (AvgIpc) is 3.18. The molecule has 0 aliphatic carbocycles. The van der Waals surface area contributed by atoms with Crippen LogP contribution < -0.4 is 11.1 Å². The van der Waals surface area contributed by atoms with Gasteiger partial charge < -0.3 is 20.9 Å². The summed E-state index contributed by atoms with van der Waals surface area (Å²) in [5.74, 6) is -0.451. The number of nitrogens with zero attached hydrogens (tertiary/aromatic N) is 1. The maximum atomic E-state index is 13.0. The van der Waals surface area contributed by atoms with Crippen molar-refractivity contribution >= 4 is 33.6 Å². The van der Waals surface area contributed by atoms with Crippen LogP contribution in [-0.2, 0) is 0 Å². The summed E-state index contributed by atoms with van der Waals surface area (Å²) in [6.07, 6.45) is 0. The number of aromatic nitrogens is 1. The van der Waals surface area contributed by atoms with Crippen LogP contribution in [0.25, 0.3) is 32.9 Å². The van der Waals surface area contributed by atoms with Gasteiger partial charge in [-0.25, -0.2) is 0 Å². The smallest absolute Gasteiger partial charge is 0.253 e. The van der Waals surface area contributed by atoms with Gasteiger partial charge in [0.05, 0.1) is 11.1 Å². The third-order valence-corrected chi connectivity index (χ3v) is 6.46. The summed E-state index contributed by atoms with van der Waals surface area (Å²) in [5.41, 5.74) is 12.8. The number of rotatable bonds is 3. The number of benzene rings is 3. The molecule has 0 bridgehead atoms. The number of carbonyl (C=O) groups excluding carboxylic acids is 2. The van der Waals surface area contributed by atoms with Gasteiger partial charge in [0, 0.05) is 48.0 Å². The molecular weight excluding hydrogens is 400 g/mol. The van der Waals surface area contributed by atoms with Gasteiger partial charge in [0.25, 0.3) is 11.8 Å². The van der Waals surface area contributed by atoms with E-state index >= 15 is 0 Å². The Balaban J connectivity index is 1.69. The highest BCUT2D eigenvalue weighted by atomic mass is 16.2. The number of amides is 2. The maximum absolute atomic E-state index is 13.0. The molecule has 3 aromatic carbocycles. The van der Waals surface area contributed by atoms with Gasteiger partial charge in [-0.2, -0.15) is 0 Å². The van der Waals surface area contributed by atoms with E-state index in [-0.39, 0.29) is 5.91 Å². The lowest BCUT2D eigenvalue weighted by atomic mass is 9.96. The Kier molecular flexibility index (Phi) is 4.94. The van der Waals surface area contributed by atoms with E-state index in [4.69, 9.17) is 5.73 Å². The predicted molar refractivity (Wildman–Crippen MR) is 128 cm³/mol. The van der Waals surface area contributed by atoms with Gasteiger partial charge >= 0.3 is 0 Å². The van der Waals surface area contributed by atoms with Crippen molar-refractivity contribution in [2.75, 3.05) is 26.2 Å². The summed E-state index contributed by atoms with van der Waals surface area (Å²) in [7, 11) is 0. The van der Waals surface area contributed by atoms with Crippen LogP contribution in [0.1, 0.15) is 31.8 Å². The second-order valence-electron chi connectivity index (χ2n) is 8.54. The molecule has 4 aromatic rings. The molecule has 0 spiro atoms. The monoisotopic (exact) mass is 426 g/mol. The number of primary amides is 1. The van der Waals surface area contributed by atoms with Crippen molar-refractivity contribution in [3.05, 3.63) is 70.8 Å². The Labute approximate surface area is 186 Å². The van der Waals surface area contributed by atoms with Crippen LogP contribution >= 0.6 is 0 Å². The Morgan fingerprint density at radius 1 is 0.875 bits per heavy atom. The van der Waals surface area contributed by atoms with Crippen molar-refractivity contribution in [1.29, 1.82) is 0 Å². The SMILES string of the molecule is Cc1ccc(-c2cc(C(N)=O)c3[nH]c4ccc(C(=O)N5CCNCC5)cc4c3c2)cc1C. The molecule has 0 atom stereocenters. The summed E-state index contributed by atoms with van der Waals surface area (Å²) < 4.78 is 0. The Hall–Kier alpha value is -3.64. The largest absolute Gasteiger partial charge is 0.366 e. The lowest BCUT2D eigenvalue weighted by molar-refractivity contribution is 0.0736. The molecular formula is C26H26N4O2. The van der Waals surface area contributed by atoms with E-state index < -0.39 is 5.91 Å². The van der Waals surface area contributed by atoms with E-state index in [1.165, 1.54) is 11.1 Å². The van der Waals surface area contributed by atoms with Crippen LogP contribution in [0, 0.1) is 13.8 Å². The molecule has 0 radical (unpaired) electrons. The number of fused-ring (bicyclic) bond motifs is 3. The maximum Gasteiger partial charge on any atom is 0.253 e. The number of aromatic amines is 1. The number of aryl methyl sites for hydroxylation is 2. The molecule has 6 nitrogen and oxygen atoms in total. The molecule has 1 fully saturated rings. The predicted octanol–water partition coefficient (Wildman–Crippen LogP) is 3.75. The van der Waals surface area contributed by atoms with Crippen LogP contribution in [0.2, 0.25) is 0 Å². The normalized spacial score (nSPS) is 14.2. The Morgan fingerprint density at radius 2 is 1.66 bits per heavy atom. The molecule has 162 valence electrons. The highest BCUT2D eigenvalue weighted by molar-refractivity contribution is 6.17. The average molecular weight is 427 g/mol. The second kappa shape index (κ2) is 7.80. The second-order valence-corrected chi connectivity index (χ2v) is 8.54. The molecule has 1 saturated heterocycles. The van der Waals surface area contributed by atoms with Crippen molar-refractivity contribution in [2.24, 2.45) is 5.73 Å². The summed E-state index contributed by atoms with van der Waals surface area (Å²) in [6, 6.07) is 15.9. The summed E-state index contributed by atoms with van der Waals surface area (Å²) in [6.45, 7) is 7.17. The van der Waals surface area contributed by atoms with E-state index in [1.54, 1.807) is 0 Å². The standard InChI is InChI=1S/C26H26N4O2/c1-15-3-4-17(11-16(15)2)19-13-21-20-12-18(26(32)30-9-7-28-8-10-30)5-6-23(20)29-24(21)22(14-19)25(27)31/h3-6,11-14,28-29H,7-10H2,1-2H3,(H2,27,31). The lowest BCUT2D eigenvalue weighted by Gasteiger charge is -2.27. The van der Waals surface area contributed by atoms with E-state index in [1.807, 2.05) is 29.2 Å². The minimum absolute atomic E-state index is 0.0307. The van der Waals surface area contributed by atoms with E-state index in [9.17, 15) is 9.59 Å². The Bertz CT molecular complexity index is 1380. The molecule has 0 unspecified atom stereocenters. The van der Waals surface area contributed by atoms with Crippen LogP contribution in [0.3, 0.4) is 0 Å². The molecule has 2 amide bonds. The molecule has 1 aliphatic rings. The first-order valence-corrected chi connectivity index (χ1v) is 10.9. The molecule has 0 saturated carbocycles. The molecule has 1 aromatic heterocycles. The van der Waals surface area contributed by atoms with Gasteiger partial charge in [0.2, 0.25) is 0 Å². The van der Waals surface area contributed by atoms with Gasteiger partial charge in [-0.1, -0.05) is 18.2 Å². The van der Waals surface area contributed by atoms with Crippen molar-refractivity contribution in [3.8, 4) is 11.1 Å².